The second-order valence-corrected chi connectivity index (χ2v) is 7.71. The fourth-order valence-corrected chi connectivity index (χ4v) is 4.22. The van der Waals surface area contributed by atoms with Crippen LogP contribution in [0, 0.1) is 17.8 Å². The van der Waals surface area contributed by atoms with Crippen molar-refractivity contribution in [2.45, 2.75) is 19.5 Å². The molecule has 3 atom stereocenters. The van der Waals surface area contributed by atoms with Gasteiger partial charge >= 0.3 is 6.18 Å². The van der Waals surface area contributed by atoms with E-state index in [1.807, 2.05) is 19.1 Å². The number of fused-ring (bicyclic) bond motifs is 1. The van der Waals surface area contributed by atoms with Crippen LogP contribution in [0.4, 0.5) is 24.5 Å². The van der Waals surface area contributed by atoms with Crippen molar-refractivity contribution in [3.63, 3.8) is 0 Å². The first-order chi connectivity index (χ1) is 14.7. The molecule has 0 aromatic heterocycles. The van der Waals surface area contributed by atoms with Crippen LogP contribution in [0.1, 0.15) is 29.3 Å². The largest absolute Gasteiger partial charge is 0.418 e. The second kappa shape index (κ2) is 7.68. The van der Waals surface area contributed by atoms with Gasteiger partial charge in [-0.25, -0.2) is 0 Å². The lowest BCUT2D eigenvalue weighted by Gasteiger charge is -2.22. The van der Waals surface area contributed by atoms with Crippen LogP contribution in [0.15, 0.2) is 60.7 Å². The highest BCUT2D eigenvalue weighted by Gasteiger charge is 2.50. The third-order valence-electron chi connectivity index (χ3n) is 5.72. The second-order valence-electron chi connectivity index (χ2n) is 7.71. The molecular weight excluding hydrogens is 409 g/mol. The maximum Gasteiger partial charge on any atom is 0.418 e. The molecule has 0 radical (unpaired) electrons. The number of para-hydroxylation sites is 1. The molecular formula is C23H19F3N2O3. The Bertz CT molecular complexity index is 1090. The van der Waals surface area contributed by atoms with Crippen LogP contribution in [-0.2, 0) is 15.8 Å². The number of amides is 3. The first-order valence-corrected chi connectivity index (χ1v) is 9.80. The van der Waals surface area contributed by atoms with E-state index in [9.17, 15) is 27.6 Å². The Morgan fingerprint density at radius 3 is 2.52 bits per heavy atom. The van der Waals surface area contributed by atoms with Gasteiger partial charge in [-0.1, -0.05) is 37.3 Å². The van der Waals surface area contributed by atoms with Crippen LogP contribution in [-0.4, -0.2) is 17.7 Å². The van der Waals surface area contributed by atoms with Crippen molar-refractivity contribution in [3.05, 3.63) is 71.8 Å². The van der Waals surface area contributed by atoms with Crippen LogP contribution < -0.4 is 10.2 Å². The molecule has 1 fully saturated rings. The minimum atomic E-state index is -4.62. The van der Waals surface area contributed by atoms with Crippen molar-refractivity contribution in [2.75, 3.05) is 10.2 Å². The fourth-order valence-electron chi connectivity index (χ4n) is 4.22. The number of imide groups is 1. The highest BCUT2D eigenvalue weighted by molar-refractivity contribution is 6.22. The minimum absolute atomic E-state index is 0.0381. The maximum atomic E-state index is 13.2. The van der Waals surface area contributed by atoms with E-state index >= 15 is 0 Å². The number of rotatable bonds is 3. The van der Waals surface area contributed by atoms with E-state index in [4.69, 9.17) is 0 Å². The van der Waals surface area contributed by atoms with Gasteiger partial charge in [0.1, 0.15) is 0 Å². The first kappa shape index (κ1) is 20.8. The van der Waals surface area contributed by atoms with Crippen molar-refractivity contribution in [2.24, 2.45) is 17.8 Å². The van der Waals surface area contributed by atoms with Crippen molar-refractivity contribution in [3.8, 4) is 0 Å². The topological polar surface area (TPSA) is 66.5 Å². The molecule has 8 heteroatoms. The van der Waals surface area contributed by atoms with Gasteiger partial charge in [0.25, 0.3) is 5.91 Å². The van der Waals surface area contributed by atoms with Crippen LogP contribution in [0.25, 0.3) is 0 Å². The van der Waals surface area contributed by atoms with E-state index < -0.39 is 29.5 Å². The zero-order chi connectivity index (χ0) is 22.3. The zero-order valence-electron chi connectivity index (χ0n) is 16.5. The Hall–Kier alpha value is -3.42. The summed E-state index contributed by atoms with van der Waals surface area (Å²) in [5.41, 5.74) is -1.07. The smallest absolute Gasteiger partial charge is 0.321 e. The van der Waals surface area contributed by atoms with Crippen LogP contribution >= 0.6 is 0 Å². The molecule has 1 aliphatic heterocycles. The van der Waals surface area contributed by atoms with E-state index in [1.165, 1.54) is 36.4 Å². The van der Waals surface area contributed by atoms with Gasteiger partial charge in [0.05, 0.1) is 28.8 Å². The third-order valence-corrected chi connectivity index (χ3v) is 5.72. The van der Waals surface area contributed by atoms with E-state index in [2.05, 4.69) is 5.32 Å². The summed E-state index contributed by atoms with van der Waals surface area (Å²) in [4.78, 5) is 39.5. The molecule has 2 aromatic rings. The number of allylic oxidation sites excluding steroid dienone is 2. The van der Waals surface area contributed by atoms with Gasteiger partial charge in [0, 0.05) is 5.56 Å². The first-order valence-electron chi connectivity index (χ1n) is 9.80. The Balaban J connectivity index is 1.61. The number of nitrogens with one attached hydrogen (secondary N) is 1. The number of halogens is 3. The van der Waals surface area contributed by atoms with E-state index in [-0.39, 0.29) is 34.7 Å². The summed E-state index contributed by atoms with van der Waals surface area (Å²) in [5, 5.41) is 2.27. The molecule has 0 bridgehead atoms. The predicted molar refractivity (Wildman–Crippen MR) is 108 cm³/mol. The van der Waals surface area contributed by atoms with Gasteiger partial charge in [-0.3, -0.25) is 19.3 Å². The normalized spacial score (nSPS) is 23.1. The Morgan fingerprint density at radius 1 is 1.06 bits per heavy atom. The molecule has 0 saturated carbocycles. The van der Waals surface area contributed by atoms with Crippen LogP contribution in [0.2, 0.25) is 0 Å². The van der Waals surface area contributed by atoms with Gasteiger partial charge in [-0.2, -0.15) is 13.2 Å². The molecule has 31 heavy (non-hydrogen) atoms. The standard InChI is InChI=1S/C23H19F3N2O3/c1-13-6-4-9-16-19(13)22(31)28(21(16)30)15-8-5-7-14(12-15)20(29)27-18-11-3-2-10-17(18)23(24,25)26/h2-8,10-13,16,19H,9H2,1H3,(H,27,29)/t13-,16+,19+/m1/s1. The average molecular weight is 428 g/mol. The SMILES string of the molecule is C[C@@H]1C=CC[C@@H]2C(=O)N(c3cccc(C(=O)Nc4ccccc4C(F)(F)F)c3)C(=O)[C@@H]12. The summed E-state index contributed by atoms with van der Waals surface area (Å²) in [6, 6.07) is 10.4. The van der Waals surface area contributed by atoms with Gasteiger partial charge in [-0.15, -0.1) is 0 Å². The van der Waals surface area contributed by atoms with Crippen molar-refractivity contribution < 1.29 is 27.6 Å². The number of nitrogens with zero attached hydrogens (tertiary/aromatic N) is 1. The van der Waals surface area contributed by atoms with Crippen molar-refractivity contribution >= 4 is 29.1 Å². The molecule has 160 valence electrons. The summed E-state index contributed by atoms with van der Waals surface area (Å²) in [5.74, 6) is -2.40. The summed E-state index contributed by atoms with van der Waals surface area (Å²) < 4.78 is 39.6. The fraction of sp³-hybridized carbons (Fsp3) is 0.261. The minimum Gasteiger partial charge on any atom is -0.321 e. The van der Waals surface area contributed by atoms with Gasteiger partial charge in [0.15, 0.2) is 0 Å². The Labute approximate surface area is 176 Å². The summed E-state index contributed by atoms with van der Waals surface area (Å²) in [7, 11) is 0. The van der Waals surface area contributed by atoms with Gasteiger partial charge in [0.2, 0.25) is 11.8 Å². The lowest BCUT2D eigenvalue weighted by molar-refractivity contribution is -0.137. The third kappa shape index (κ3) is 3.73. The number of hydrogen-bond donors (Lipinski definition) is 1. The Morgan fingerprint density at radius 2 is 1.81 bits per heavy atom. The molecule has 1 heterocycles. The predicted octanol–water partition coefficient (Wildman–Crippen LogP) is 4.66. The summed E-state index contributed by atoms with van der Waals surface area (Å²) in [6.07, 6.45) is -0.341. The molecule has 2 aromatic carbocycles. The number of benzene rings is 2. The highest BCUT2D eigenvalue weighted by atomic mass is 19.4. The highest BCUT2D eigenvalue weighted by Crippen LogP contribution is 2.40. The van der Waals surface area contributed by atoms with Gasteiger partial charge in [-0.05, 0) is 42.7 Å². The number of carbonyl (C=O) groups is 3. The van der Waals surface area contributed by atoms with E-state index in [0.29, 0.717) is 6.42 Å². The number of anilines is 2. The van der Waals surface area contributed by atoms with Crippen molar-refractivity contribution in [1.29, 1.82) is 0 Å². The molecule has 2 aliphatic rings. The molecule has 1 N–H and O–H groups in total. The molecule has 4 rings (SSSR count). The van der Waals surface area contributed by atoms with Crippen LogP contribution in [0.3, 0.4) is 0 Å². The molecule has 3 amide bonds. The maximum absolute atomic E-state index is 13.2. The average Bonchev–Trinajstić information content (AvgIpc) is 2.99. The monoisotopic (exact) mass is 428 g/mol. The van der Waals surface area contributed by atoms with E-state index in [1.54, 1.807) is 0 Å². The Kier molecular flexibility index (Phi) is 5.16. The molecule has 1 saturated heterocycles. The molecule has 1 aliphatic carbocycles. The molecule has 0 spiro atoms. The zero-order valence-corrected chi connectivity index (χ0v) is 16.5. The number of carbonyl (C=O) groups excluding carboxylic acids is 3. The number of alkyl halides is 3. The number of hydrogen-bond acceptors (Lipinski definition) is 3. The van der Waals surface area contributed by atoms with Gasteiger partial charge < -0.3 is 5.32 Å². The summed E-state index contributed by atoms with van der Waals surface area (Å²) in [6.45, 7) is 1.88. The lowest BCUT2D eigenvalue weighted by Crippen LogP contribution is -2.31. The quantitative estimate of drug-likeness (QED) is 0.571. The molecule has 5 nitrogen and oxygen atoms in total. The van der Waals surface area contributed by atoms with Crippen molar-refractivity contribution in [1.82, 2.24) is 0 Å². The van der Waals surface area contributed by atoms with E-state index in [0.717, 1.165) is 17.0 Å². The lowest BCUT2D eigenvalue weighted by atomic mass is 9.78. The molecule has 0 unspecified atom stereocenters. The van der Waals surface area contributed by atoms with Crippen LogP contribution in [0.5, 0.6) is 0 Å². The summed E-state index contributed by atoms with van der Waals surface area (Å²) >= 11 is 0.